The van der Waals surface area contributed by atoms with Crippen LogP contribution >= 0.6 is 11.8 Å². The number of sulfone groups is 1. The first-order chi connectivity index (χ1) is 17.4. The van der Waals surface area contributed by atoms with Gasteiger partial charge in [0, 0.05) is 48.0 Å². The molecule has 0 fully saturated rings. The van der Waals surface area contributed by atoms with Crippen molar-refractivity contribution in [2.45, 2.75) is 57.9 Å². The summed E-state index contributed by atoms with van der Waals surface area (Å²) in [5.41, 5.74) is 7.89. The van der Waals surface area contributed by atoms with Crippen LogP contribution in [0.5, 0.6) is 0 Å². The topological polar surface area (TPSA) is 110 Å². The molecule has 0 atom stereocenters. The number of nitrogens with one attached hydrogen (secondary N) is 1. The lowest BCUT2D eigenvalue weighted by atomic mass is 10.1. The predicted molar refractivity (Wildman–Crippen MR) is 151 cm³/mol. The van der Waals surface area contributed by atoms with Crippen LogP contribution in [0.3, 0.4) is 0 Å². The van der Waals surface area contributed by atoms with Crippen molar-refractivity contribution >= 4 is 49.4 Å². The zero-order valence-corrected chi connectivity index (χ0v) is 23.5. The first-order valence-electron chi connectivity index (χ1n) is 12.1. The Morgan fingerprint density at radius 2 is 1.81 bits per heavy atom. The number of fused-ring (bicyclic) bond motifs is 1. The van der Waals surface area contributed by atoms with Crippen LogP contribution in [0.25, 0.3) is 0 Å². The van der Waals surface area contributed by atoms with E-state index < -0.39 is 9.84 Å². The smallest absolute Gasteiger partial charge is 0.177 e. The van der Waals surface area contributed by atoms with Crippen LogP contribution < -0.4 is 5.32 Å². The van der Waals surface area contributed by atoms with Crippen molar-refractivity contribution in [2.75, 3.05) is 17.3 Å². The lowest BCUT2D eigenvalue weighted by molar-refractivity contribution is 0.602. The quantitative estimate of drug-likeness (QED) is 0.466. The van der Waals surface area contributed by atoms with Crippen LogP contribution in [-0.2, 0) is 22.7 Å². The third-order valence-electron chi connectivity index (χ3n) is 6.31. The Morgan fingerprint density at radius 3 is 2.49 bits per heavy atom. The van der Waals surface area contributed by atoms with Gasteiger partial charge in [0.15, 0.2) is 9.84 Å². The Bertz CT molecular complexity index is 1590. The van der Waals surface area contributed by atoms with Gasteiger partial charge in [-0.3, -0.25) is 24.9 Å². The van der Waals surface area contributed by atoms with Crippen molar-refractivity contribution in [3.05, 3.63) is 64.5 Å². The number of aliphatic imine (C=N–C) groups is 2. The Labute approximate surface area is 222 Å². The second-order valence-corrected chi connectivity index (χ2v) is 13.3. The van der Waals surface area contributed by atoms with Crippen LogP contribution in [0.15, 0.2) is 45.3 Å². The van der Waals surface area contributed by atoms with Gasteiger partial charge in [-0.1, -0.05) is 6.07 Å². The van der Waals surface area contributed by atoms with Crippen LogP contribution in [0.4, 0.5) is 17.1 Å². The molecule has 0 saturated carbocycles. The predicted octanol–water partition coefficient (Wildman–Crippen LogP) is 5.15. The minimum absolute atomic E-state index is 0.160. The van der Waals surface area contributed by atoms with Gasteiger partial charge >= 0.3 is 0 Å². The number of benzene rings is 1. The molecule has 0 unspecified atom stereocenters. The van der Waals surface area contributed by atoms with Crippen molar-refractivity contribution in [3.63, 3.8) is 0 Å². The van der Waals surface area contributed by atoms with Gasteiger partial charge in [-0.2, -0.15) is 0 Å². The molecule has 2 aliphatic rings. The molecule has 8 nitrogen and oxygen atoms in total. The molecule has 0 spiro atoms. The third kappa shape index (κ3) is 5.45. The van der Waals surface area contributed by atoms with Gasteiger partial charge in [-0.25, -0.2) is 8.42 Å². The summed E-state index contributed by atoms with van der Waals surface area (Å²) in [6.45, 7) is 10.0. The zero-order chi connectivity index (χ0) is 26.5. The van der Waals surface area contributed by atoms with Gasteiger partial charge < -0.3 is 5.32 Å². The third-order valence-corrected chi connectivity index (χ3v) is 8.90. The number of aryl methyl sites for hydroxylation is 2. The van der Waals surface area contributed by atoms with Crippen molar-refractivity contribution in [3.8, 4) is 0 Å². The molecular formula is C27H30N6O2S2. The zero-order valence-electron chi connectivity index (χ0n) is 21.9. The van der Waals surface area contributed by atoms with Crippen LogP contribution in [0.2, 0.25) is 0 Å². The maximum atomic E-state index is 12.8. The summed E-state index contributed by atoms with van der Waals surface area (Å²) in [5.74, 6) is 0.866. The summed E-state index contributed by atoms with van der Waals surface area (Å²) in [6, 6.07) is 7.38. The lowest BCUT2D eigenvalue weighted by Crippen LogP contribution is -2.15. The highest BCUT2D eigenvalue weighted by molar-refractivity contribution is 8.14. The second kappa shape index (κ2) is 9.33. The molecule has 2 aromatic heterocycles. The highest BCUT2D eigenvalue weighted by Gasteiger charge is 2.27. The molecule has 0 bridgehead atoms. The molecule has 1 N–H and O–H groups in total. The summed E-state index contributed by atoms with van der Waals surface area (Å²) < 4.78 is 25.7. The van der Waals surface area contributed by atoms with E-state index in [1.165, 1.54) is 6.26 Å². The number of nitrogens with zero attached hydrogens (tertiary/aromatic N) is 5. The van der Waals surface area contributed by atoms with E-state index in [1.54, 1.807) is 24.0 Å². The summed E-state index contributed by atoms with van der Waals surface area (Å²) in [4.78, 5) is 23.6. The average Bonchev–Trinajstić information content (AvgIpc) is 3.37. The van der Waals surface area contributed by atoms with Gasteiger partial charge in [0.2, 0.25) is 0 Å². The molecule has 0 aliphatic carbocycles. The normalized spacial score (nSPS) is 16.4. The van der Waals surface area contributed by atoms with E-state index in [9.17, 15) is 8.42 Å². The minimum atomic E-state index is -3.52. The number of thioether (sulfide) groups is 1. The summed E-state index contributed by atoms with van der Waals surface area (Å²) in [6.07, 6.45) is 4.17. The van der Waals surface area contributed by atoms with E-state index in [0.717, 1.165) is 61.9 Å². The van der Waals surface area contributed by atoms with Crippen LogP contribution in [0.1, 0.15) is 54.8 Å². The molecule has 5 rings (SSSR count). The maximum absolute atomic E-state index is 12.8. The summed E-state index contributed by atoms with van der Waals surface area (Å²) in [5, 5.41) is 4.24. The van der Waals surface area contributed by atoms with Gasteiger partial charge in [0.25, 0.3) is 0 Å². The molecule has 192 valence electrons. The van der Waals surface area contributed by atoms with E-state index in [-0.39, 0.29) is 10.4 Å². The molecule has 37 heavy (non-hydrogen) atoms. The number of pyridine rings is 1. The van der Waals surface area contributed by atoms with Crippen molar-refractivity contribution < 1.29 is 8.42 Å². The number of hydrogen-bond donors (Lipinski definition) is 1. The fraction of sp³-hybridized carbons (Fsp3) is 0.370. The Hall–Kier alpha value is -3.11. The standard InChI is InChI=1S/C27H30N6O2S2/c1-15-9-22-25(29-15)23(12-19(31-22)11-20-13-28-16(2)17(3)30-20)32-21-8-7-18(10-24(21)37(6,34)35)26-33-27(4,5)14-36-26/h7-8,10,12-13H,9,11,14H2,1-6H3,(H,31,32). The van der Waals surface area contributed by atoms with Gasteiger partial charge in [-0.15, -0.1) is 11.8 Å². The average molecular weight is 535 g/mol. The minimum Gasteiger partial charge on any atom is -0.353 e. The maximum Gasteiger partial charge on any atom is 0.177 e. The van der Waals surface area contributed by atoms with E-state index in [1.807, 2.05) is 39.0 Å². The summed E-state index contributed by atoms with van der Waals surface area (Å²) >= 11 is 1.65. The number of rotatable bonds is 6. The van der Waals surface area contributed by atoms with Crippen LogP contribution in [0, 0.1) is 13.8 Å². The first kappa shape index (κ1) is 25.5. The fourth-order valence-corrected chi connectivity index (χ4v) is 6.38. The van der Waals surface area contributed by atoms with Gasteiger partial charge in [-0.05, 0) is 52.8 Å². The van der Waals surface area contributed by atoms with Crippen LogP contribution in [-0.4, -0.2) is 51.7 Å². The molecule has 10 heteroatoms. The molecule has 2 aliphatic heterocycles. The first-order valence-corrected chi connectivity index (χ1v) is 15.0. The SMILES string of the molecule is CC1=Nc2c(Nc3ccc(C4=NC(C)(C)CS4)cc3S(C)(=O)=O)cc(Cc3cnc(C)c(C)n3)nc2C1. The second-order valence-electron chi connectivity index (χ2n) is 10.3. The number of hydrogen-bond acceptors (Lipinski definition) is 9. The van der Waals surface area contributed by atoms with Crippen molar-refractivity contribution in [1.29, 1.82) is 0 Å². The molecule has 0 radical (unpaired) electrons. The molecule has 3 aromatic rings. The highest BCUT2D eigenvalue weighted by atomic mass is 32.2. The largest absolute Gasteiger partial charge is 0.353 e. The number of anilines is 2. The van der Waals surface area contributed by atoms with Crippen molar-refractivity contribution in [2.24, 2.45) is 9.98 Å². The molecule has 1 aromatic carbocycles. The molecular weight excluding hydrogens is 504 g/mol. The van der Waals surface area contributed by atoms with E-state index in [2.05, 4.69) is 29.1 Å². The molecule has 0 amide bonds. The lowest BCUT2D eigenvalue weighted by Gasteiger charge is -2.16. The van der Waals surface area contributed by atoms with Crippen molar-refractivity contribution in [1.82, 2.24) is 15.0 Å². The Kier molecular flexibility index (Phi) is 6.44. The monoisotopic (exact) mass is 534 g/mol. The Morgan fingerprint density at radius 1 is 1.03 bits per heavy atom. The van der Waals surface area contributed by atoms with E-state index >= 15 is 0 Å². The fourth-order valence-electron chi connectivity index (χ4n) is 4.36. The van der Waals surface area contributed by atoms with E-state index in [0.29, 0.717) is 18.5 Å². The molecule has 4 heterocycles. The Balaban J connectivity index is 1.54. The van der Waals surface area contributed by atoms with E-state index in [4.69, 9.17) is 15.0 Å². The van der Waals surface area contributed by atoms with Gasteiger partial charge in [0.05, 0.1) is 49.6 Å². The molecule has 0 saturated heterocycles. The highest BCUT2D eigenvalue weighted by Crippen LogP contribution is 2.39. The number of aromatic nitrogens is 3. The van der Waals surface area contributed by atoms with Gasteiger partial charge in [0.1, 0.15) is 5.69 Å². The summed E-state index contributed by atoms with van der Waals surface area (Å²) in [7, 11) is -3.52.